The van der Waals surface area contributed by atoms with Gasteiger partial charge in [-0.2, -0.15) is 0 Å². The van der Waals surface area contributed by atoms with Crippen molar-refractivity contribution < 1.29 is 24.5 Å². The highest BCUT2D eigenvalue weighted by Gasteiger charge is 2.20. The second-order valence-corrected chi connectivity index (χ2v) is 17.5. The van der Waals surface area contributed by atoms with Crippen LogP contribution < -0.4 is 5.32 Å². The average Bonchev–Trinajstić information content (AvgIpc) is 3.24. The molecule has 0 radical (unpaired) electrons. The Bertz CT molecular complexity index is 962. The number of hydrogen-bond acceptors (Lipinski definition) is 5. The van der Waals surface area contributed by atoms with E-state index in [1.54, 1.807) is 0 Å². The monoisotopic (exact) mass is 830 g/mol. The van der Waals surface area contributed by atoms with E-state index in [0.717, 1.165) is 70.6 Å². The predicted octanol–water partition coefficient (Wildman–Crippen LogP) is 15.3. The Morgan fingerprint density at radius 2 is 0.847 bits per heavy atom. The molecule has 0 rings (SSSR count). The number of carbonyl (C=O) groups is 2. The molecule has 0 aliphatic heterocycles. The number of aliphatic hydroxyl groups is 2. The largest absolute Gasteiger partial charge is 0.466 e. The summed E-state index contributed by atoms with van der Waals surface area (Å²) in [5, 5.41) is 23.1. The molecule has 6 heteroatoms. The van der Waals surface area contributed by atoms with Gasteiger partial charge in [0, 0.05) is 12.8 Å². The van der Waals surface area contributed by atoms with Crippen molar-refractivity contribution in [3.05, 3.63) is 36.5 Å². The van der Waals surface area contributed by atoms with Gasteiger partial charge in [-0.25, -0.2) is 0 Å². The SMILES string of the molecule is CCCCCC/C=C\CCCCCCCC(=O)OCCCCC/C=C\C=C/CCCCCCCCCCCCC(=O)NC(CO)C(O)CCCCCCCCCCCC. The van der Waals surface area contributed by atoms with Crippen molar-refractivity contribution in [2.24, 2.45) is 0 Å². The molecule has 0 aromatic heterocycles. The molecule has 0 heterocycles. The van der Waals surface area contributed by atoms with Gasteiger partial charge in [-0.1, -0.05) is 204 Å². The van der Waals surface area contributed by atoms with E-state index >= 15 is 0 Å². The van der Waals surface area contributed by atoms with E-state index in [1.165, 1.54) is 161 Å². The van der Waals surface area contributed by atoms with Gasteiger partial charge in [-0.3, -0.25) is 9.59 Å². The standard InChI is InChI=1S/C53H99NO5/c1-3-5-7-9-11-13-15-23-27-31-35-39-43-47-53(58)59-48-44-40-36-32-28-25-22-20-18-16-17-19-21-24-26-30-34-38-42-46-52(57)54-50(49-55)51(56)45-41-37-33-29-14-12-10-8-6-4-2/h13,15,20,22,25,28,50-51,55-56H,3-12,14,16-19,21,23-24,26-27,29-49H2,1-2H3,(H,54,57)/b15-13-,22-20-,28-25-. The Morgan fingerprint density at radius 1 is 0.475 bits per heavy atom. The molecule has 0 spiro atoms. The maximum atomic E-state index is 12.4. The van der Waals surface area contributed by atoms with Crippen LogP contribution in [0.3, 0.4) is 0 Å². The summed E-state index contributed by atoms with van der Waals surface area (Å²) >= 11 is 0. The number of ether oxygens (including phenoxy) is 1. The summed E-state index contributed by atoms with van der Waals surface area (Å²) in [5.41, 5.74) is 0. The van der Waals surface area contributed by atoms with Crippen molar-refractivity contribution in [3.63, 3.8) is 0 Å². The fourth-order valence-corrected chi connectivity index (χ4v) is 7.68. The van der Waals surface area contributed by atoms with Crippen molar-refractivity contribution >= 4 is 11.9 Å². The lowest BCUT2D eigenvalue weighted by Gasteiger charge is -2.22. The van der Waals surface area contributed by atoms with Crippen LogP contribution in [0.25, 0.3) is 0 Å². The Balaban J connectivity index is 3.48. The second kappa shape index (κ2) is 48.7. The van der Waals surface area contributed by atoms with Crippen molar-refractivity contribution in [1.82, 2.24) is 5.32 Å². The van der Waals surface area contributed by atoms with Crippen LogP contribution in [0.1, 0.15) is 264 Å². The van der Waals surface area contributed by atoms with Crippen LogP contribution in [0.15, 0.2) is 36.5 Å². The van der Waals surface area contributed by atoms with Crippen LogP contribution in [-0.4, -0.2) is 47.4 Å². The molecule has 0 saturated carbocycles. The molecule has 3 N–H and O–H groups in total. The number of hydrogen-bond donors (Lipinski definition) is 3. The van der Waals surface area contributed by atoms with E-state index in [4.69, 9.17) is 4.74 Å². The lowest BCUT2D eigenvalue weighted by molar-refractivity contribution is -0.143. The summed E-state index contributed by atoms with van der Waals surface area (Å²) in [6.45, 7) is 4.87. The zero-order valence-electron chi connectivity index (χ0n) is 39.2. The summed E-state index contributed by atoms with van der Waals surface area (Å²) in [7, 11) is 0. The minimum Gasteiger partial charge on any atom is -0.466 e. The maximum Gasteiger partial charge on any atom is 0.305 e. The first-order chi connectivity index (χ1) is 29.0. The number of amides is 1. The molecule has 0 aromatic rings. The molecule has 0 saturated heterocycles. The second-order valence-electron chi connectivity index (χ2n) is 17.5. The molecule has 59 heavy (non-hydrogen) atoms. The van der Waals surface area contributed by atoms with Gasteiger partial charge in [0.1, 0.15) is 0 Å². The Labute approximate surface area is 366 Å². The highest BCUT2D eigenvalue weighted by atomic mass is 16.5. The van der Waals surface area contributed by atoms with Crippen LogP contribution in [0, 0.1) is 0 Å². The number of aliphatic hydroxyl groups excluding tert-OH is 2. The zero-order valence-corrected chi connectivity index (χ0v) is 39.2. The van der Waals surface area contributed by atoms with Gasteiger partial charge < -0.3 is 20.3 Å². The highest BCUT2D eigenvalue weighted by molar-refractivity contribution is 5.76. The predicted molar refractivity (Wildman–Crippen MR) is 255 cm³/mol. The molecule has 0 aromatic carbocycles. The number of carbonyl (C=O) groups excluding carboxylic acids is 2. The molecular weight excluding hydrogens is 731 g/mol. The minimum atomic E-state index is -0.669. The van der Waals surface area contributed by atoms with Gasteiger partial charge in [0.05, 0.1) is 25.4 Å². The molecular formula is C53H99NO5. The van der Waals surface area contributed by atoms with Crippen LogP contribution in [0.4, 0.5) is 0 Å². The zero-order chi connectivity index (χ0) is 43.0. The van der Waals surface area contributed by atoms with E-state index < -0.39 is 12.1 Å². The normalized spacial score (nSPS) is 12.9. The molecule has 2 unspecified atom stereocenters. The number of allylic oxidation sites excluding steroid dienone is 6. The number of rotatable bonds is 47. The number of nitrogens with one attached hydrogen (secondary N) is 1. The van der Waals surface area contributed by atoms with Crippen molar-refractivity contribution in [2.75, 3.05) is 13.2 Å². The summed E-state index contributed by atoms with van der Waals surface area (Å²) in [6, 6.07) is -0.547. The summed E-state index contributed by atoms with van der Waals surface area (Å²) in [5.74, 6) is -0.0710. The van der Waals surface area contributed by atoms with Crippen LogP contribution in [0.2, 0.25) is 0 Å². The molecule has 0 bridgehead atoms. The minimum absolute atomic E-state index is 0.0234. The lowest BCUT2D eigenvalue weighted by Crippen LogP contribution is -2.45. The molecule has 346 valence electrons. The summed E-state index contributed by atoms with van der Waals surface area (Å²) in [6.07, 6.45) is 58.3. The molecule has 1 amide bonds. The topological polar surface area (TPSA) is 95.9 Å². The average molecular weight is 830 g/mol. The van der Waals surface area contributed by atoms with E-state index in [0.29, 0.717) is 25.9 Å². The fraction of sp³-hybridized carbons (Fsp3) is 0.849. The maximum absolute atomic E-state index is 12.4. The van der Waals surface area contributed by atoms with E-state index in [1.807, 2.05) is 0 Å². The molecule has 6 nitrogen and oxygen atoms in total. The Kier molecular flexibility index (Phi) is 47.2. The Morgan fingerprint density at radius 3 is 1.32 bits per heavy atom. The van der Waals surface area contributed by atoms with Gasteiger partial charge in [0.25, 0.3) is 0 Å². The third kappa shape index (κ3) is 45.4. The van der Waals surface area contributed by atoms with Crippen LogP contribution in [0.5, 0.6) is 0 Å². The van der Waals surface area contributed by atoms with Crippen molar-refractivity contribution in [3.8, 4) is 0 Å². The summed E-state index contributed by atoms with van der Waals surface area (Å²) < 4.78 is 5.43. The van der Waals surface area contributed by atoms with Crippen molar-refractivity contribution in [1.29, 1.82) is 0 Å². The molecule has 2 atom stereocenters. The first-order valence-electron chi connectivity index (χ1n) is 25.8. The fourth-order valence-electron chi connectivity index (χ4n) is 7.68. The highest BCUT2D eigenvalue weighted by Crippen LogP contribution is 2.15. The smallest absolute Gasteiger partial charge is 0.305 e. The molecule has 0 aliphatic rings. The van der Waals surface area contributed by atoms with Gasteiger partial charge >= 0.3 is 5.97 Å². The Hall–Kier alpha value is -1.92. The summed E-state index contributed by atoms with van der Waals surface area (Å²) in [4.78, 5) is 24.4. The van der Waals surface area contributed by atoms with Crippen LogP contribution in [-0.2, 0) is 14.3 Å². The van der Waals surface area contributed by atoms with Gasteiger partial charge in [0.15, 0.2) is 0 Å². The first-order valence-corrected chi connectivity index (χ1v) is 25.8. The van der Waals surface area contributed by atoms with Gasteiger partial charge in [-0.15, -0.1) is 0 Å². The number of esters is 1. The molecule has 0 fully saturated rings. The van der Waals surface area contributed by atoms with Crippen LogP contribution >= 0.6 is 0 Å². The van der Waals surface area contributed by atoms with Gasteiger partial charge in [-0.05, 0) is 83.5 Å². The van der Waals surface area contributed by atoms with E-state index in [-0.39, 0.29) is 18.5 Å². The third-order valence-corrected chi connectivity index (χ3v) is 11.7. The van der Waals surface area contributed by atoms with Crippen molar-refractivity contribution in [2.45, 2.75) is 276 Å². The first kappa shape index (κ1) is 57.1. The van der Waals surface area contributed by atoms with E-state index in [2.05, 4.69) is 55.6 Å². The quantitative estimate of drug-likeness (QED) is 0.0246. The van der Waals surface area contributed by atoms with Gasteiger partial charge in [0.2, 0.25) is 5.91 Å². The van der Waals surface area contributed by atoms with E-state index in [9.17, 15) is 19.8 Å². The lowest BCUT2D eigenvalue weighted by atomic mass is 10.0. The number of unbranched alkanes of at least 4 members (excludes halogenated alkanes) is 31. The molecule has 0 aliphatic carbocycles. The third-order valence-electron chi connectivity index (χ3n) is 11.7.